The van der Waals surface area contributed by atoms with Gasteiger partial charge in [0.2, 0.25) is 11.6 Å². The molecule has 9 nitrogen and oxygen atoms in total. The number of hydrogen-bond acceptors (Lipinski definition) is 6. The van der Waals surface area contributed by atoms with Gasteiger partial charge in [0.1, 0.15) is 5.39 Å². The smallest absolute Gasteiger partial charge is 0.278 e. The van der Waals surface area contributed by atoms with E-state index in [-0.39, 0.29) is 17.0 Å². The van der Waals surface area contributed by atoms with Crippen molar-refractivity contribution in [3.05, 3.63) is 75.1 Å². The topological polar surface area (TPSA) is 94.0 Å². The molecule has 0 saturated heterocycles. The standard InChI is InChI=1S/C27H28N8O/c1-27(2,3)22-10-9-21(28-4)24(32-22)35-23-20(25(36)34(35)19-7-8-19)15-30-26(33-23)31-18-6-5-17-14-29-12-11-16(17)13-18/h5-6,9-10,13,15,19,29H,7-8,11-12,14H2,1-3H3,(H,30,31,33). The van der Waals surface area contributed by atoms with Gasteiger partial charge < -0.3 is 10.6 Å². The van der Waals surface area contributed by atoms with Crippen LogP contribution in [0.5, 0.6) is 0 Å². The van der Waals surface area contributed by atoms with Gasteiger partial charge in [-0.3, -0.25) is 4.79 Å². The molecule has 4 aromatic rings. The van der Waals surface area contributed by atoms with Gasteiger partial charge in [0.15, 0.2) is 11.5 Å². The van der Waals surface area contributed by atoms with Crippen molar-refractivity contribution in [2.45, 2.75) is 58.0 Å². The van der Waals surface area contributed by atoms with E-state index in [0.29, 0.717) is 28.5 Å². The molecule has 36 heavy (non-hydrogen) atoms. The molecular formula is C27H28N8O. The molecule has 0 radical (unpaired) electrons. The van der Waals surface area contributed by atoms with Crippen LogP contribution in [0.3, 0.4) is 0 Å². The molecule has 0 amide bonds. The summed E-state index contributed by atoms with van der Waals surface area (Å²) in [7, 11) is 0. The number of aromatic nitrogens is 5. The third-order valence-electron chi connectivity index (χ3n) is 6.81. The maximum Gasteiger partial charge on any atom is 0.278 e. The molecule has 0 spiro atoms. The molecule has 182 valence electrons. The first-order valence-corrected chi connectivity index (χ1v) is 12.3. The molecular weight excluding hydrogens is 452 g/mol. The van der Waals surface area contributed by atoms with Gasteiger partial charge in [-0.25, -0.2) is 24.2 Å². The summed E-state index contributed by atoms with van der Waals surface area (Å²) in [5, 5.41) is 7.12. The second-order valence-corrected chi connectivity index (χ2v) is 10.6. The van der Waals surface area contributed by atoms with E-state index in [2.05, 4.69) is 53.4 Å². The quantitative estimate of drug-likeness (QED) is 0.416. The number of hydrogen-bond donors (Lipinski definition) is 2. The van der Waals surface area contributed by atoms with Gasteiger partial charge in [-0.1, -0.05) is 39.0 Å². The van der Waals surface area contributed by atoms with Crippen LogP contribution in [0.4, 0.5) is 17.3 Å². The summed E-state index contributed by atoms with van der Waals surface area (Å²) in [6.07, 6.45) is 4.37. The Morgan fingerprint density at radius 1 is 1.14 bits per heavy atom. The van der Waals surface area contributed by atoms with Crippen molar-refractivity contribution >= 4 is 28.4 Å². The van der Waals surface area contributed by atoms with E-state index in [9.17, 15) is 4.79 Å². The number of anilines is 2. The monoisotopic (exact) mass is 480 g/mol. The minimum Gasteiger partial charge on any atom is -0.324 e. The Hall–Kier alpha value is -4.03. The van der Waals surface area contributed by atoms with Gasteiger partial charge in [0, 0.05) is 29.5 Å². The van der Waals surface area contributed by atoms with Gasteiger partial charge in [0.25, 0.3) is 5.56 Å². The zero-order valence-electron chi connectivity index (χ0n) is 20.7. The minimum absolute atomic E-state index is 0.0658. The molecule has 2 N–H and O–H groups in total. The van der Waals surface area contributed by atoms with E-state index in [0.717, 1.165) is 43.7 Å². The molecule has 4 heterocycles. The van der Waals surface area contributed by atoms with Gasteiger partial charge in [0.05, 0.1) is 12.6 Å². The summed E-state index contributed by atoms with van der Waals surface area (Å²) in [6.45, 7) is 15.9. The Kier molecular flexibility index (Phi) is 5.16. The highest BCUT2D eigenvalue weighted by Gasteiger charge is 2.32. The first-order chi connectivity index (χ1) is 17.3. The van der Waals surface area contributed by atoms with Crippen LogP contribution in [-0.2, 0) is 18.4 Å². The first-order valence-electron chi connectivity index (χ1n) is 12.3. The van der Waals surface area contributed by atoms with Crippen LogP contribution in [0.15, 0.2) is 41.3 Å². The van der Waals surface area contributed by atoms with Crippen LogP contribution < -0.4 is 16.2 Å². The summed E-state index contributed by atoms with van der Waals surface area (Å²) in [5.41, 5.74) is 4.82. The van der Waals surface area contributed by atoms with Crippen LogP contribution in [0.2, 0.25) is 0 Å². The zero-order chi connectivity index (χ0) is 25.0. The van der Waals surface area contributed by atoms with E-state index in [1.807, 2.05) is 12.1 Å². The zero-order valence-corrected chi connectivity index (χ0v) is 20.7. The number of benzene rings is 1. The lowest BCUT2D eigenvalue weighted by molar-refractivity contribution is 0.538. The van der Waals surface area contributed by atoms with Crippen LogP contribution >= 0.6 is 0 Å². The molecule has 1 fully saturated rings. The van der Waals surface area contributed by atoms with Crippen molar-refractivity contribution in [2.24, 2.45) is 0 Å². The largest absolute Gasteiger partial charge is 0.324 e. The molecule has 1 aliphatic carbocycles. The van der Waals surface area contributed by atoms with Gasteiger partial charge in [-0.05, 0) is 49.1 Å². The second-order valence-electron chi connectivity index (χ2n) is 10.6. The predicted molar refractivity (Wildman–Crippen MR) is 139 cm³/mol. The summed E-state index contributed by atoms with van der Waals surface area (Å²) < 4.78 is 3.45. The van der Waals surface area contributed by atoms with Crippen molar-refractivity contribution in [3.8, 4) is 5.82 Å². The Labute approximate surface area is 209 Å². The van der Waals surface area contributed by atoms with E-state index < -0.39 is 0 Å². The van der Waals surface area contributed by atoms with Crippen molar-refractivity contribution in [1.29, 1.82) is 0 Å². The van der Waals surface area contributed by atoms with Crippen molar-refractivity contribution in [1.82, 2.24) is 29.6 Å². The highest BCUT2D eigenvalue weighted by atomic mass is 16.1. The van der Waals surface area contributed by atoms with Gasteiger partial charge in [-0.2, -0.15) is 4.98 Å². The highest BCUT2D eigenvalue weighted by molar-refractivity contribution is 5.78. The van der Waals surface area contributed by atoms with E-state index >= 15 is 0 Å². The minimum atomic E-state index is -0.216. The summed E-state index contributed by atoms with van der Waals surface area (Å²) in [4.78, 5) is 31.3. The van der Waals surface area contributed by atoms with Crippen LogP contribution in [0, 0.1) is 6.57 Å². The lowest BCUT2D eigenvalue weighted by Gasteiger charge is -2.20. The number of nitrogens with zero attached hydrogens (tertiary/aromatic N) is 6. The summed E-state index contributed by atoms with van der Waals surface area (Å²) in [5.74, 6) is 0.830. The first kappa shape index (κ1) is 22.4. The second kappa shape index (κ2) is 8.28. The Bertz CT molecular complexity index is 1600. The average molecular weight is 481 g/mol. The SMILES string of the molecule is [C-]#[N+]c1ccc(C(C)(C)C)nc1-n1c2nc(Nc3ccc4c(c3)CCNC4)ncc2c(=O)n1C1CC1. The molecule has 0 atom stereocenters. The molecule has 1 saturated carbocycles. The number of rotatable bonds is 4. The third-order valence-corrected chi connectivity index (χ3v) is 6.81. The molecule has 9 heteroatoms. The molecule has 0 bridgehead atoms. The Morgan fingerprint density at radius 2 is 1.97 bits per heavy atom. The summed E-state index contributed by atoms with van der Waals surface area (Å²) in [6, 6.07) is 10.0. The van der Waals surface area contributed by atoms with Crippen molar-refractivity contribution in [3.63, 3.8) is 0 Å². The number of fused-ring (bicyclic) bond motifs is 2. The molecule has 1 aliphatic heterocycles. The highest BCUT2D eigenvalue weighted by Crippen LogP contribution is 2.37. The maximum atomic E-state index is 13.4. The summed E-state index contributed by atoms with van der Waals surface area (Å²) >= 11 is 0. The number of nitrogens with one attached hydrogen (secondary N) is 2. The van der Waals surface area contributed by atoms with Crippen LogP contribution in [0.1, 0.15) is 56.5 Å². The lowest BCUT2D eigenvalue weighted by Crippen LogP contribution is -2.23. The fourth-order valence-electron chi connectivity index (χ4n) is 4.70. The van der Waals surface area contributed by atoms with Crippen molar-refractivity contribution < 1.29 is 0 Å². The van der Waals surface area contributed by atoms with Gasteiger partial charge >= 0.3 is 0 Å². The van der Waals surface area contributed by atoms with E-state index in [1.54, 1.807) is 21.6 Å². The van der Waals surface area contributed by atoms with Gasteiger partial charge in [-0.15, -0.1) is 0 Å². The molecule has 1 aromatic carbocycles. The molecule has 3 aromatic heterocycles. The van der Waals surface area contributed by atoms with Crippen LogP contribution in [0.25, 0.3) is 21.7 Å². The normalized spacial score (nSPS) is 15.5. The van der Waals surface area contributed by atoms with E-state index in [1.165, 1.54) is 11.1 Å². The average Bonchev–Trinajstić information content (AvgIpc) is 3.67. The molecule has 2 aliphatic rings. The fourth-order valence-corrected chi connectivity index (χ4v) is 4.70. The molecule has 6 rings (SSSR count). The molecule has 0 unspecified atom stereocenters. The Morgan fingerprint density at radius 3 is 2.72 bits per heavy atom. The maximum absolute atomic E-state index is 13.4. The van der Waals surface area contributed by atoms with E-state index in [4.69, 9.17) is 16.5 Å². The predicted octanol–water partition coefficient (Wildman–Crippen LogP) is 4.55. The fraction of sp³-hybridized carbons (Fsp3) is 0.370. The Balaban J connectivity index is 1.51. The lowest BCUT2D eigenvalue weighted by atomic mass is 9.91. The number of pyridine rings is 1. The van der Waals surface area contributed by atoms with Crippen LogP contribution in [-0.4, -0.2) is 30.9 Å². The van der Waals surface area contributed by atoms with Crippen molar-refractivity contribution in [2.75, 3.05) is 11.9 Å². The third kappa shape index (κ3) is 3.84.